The third kappa shape index (κ3) is 2.03. The van der Waals surface area contributed by atoms with E-state index in [1.54, 1.807) is 0 Å². The summed E-state index contributed by atoms with van der Waals surface area (Å²) in [5.74, 6) is -0.218. The fourth-order valence-corrected chi connectivity index (χ4v) is 1.89. The number of hydrogen-bond donors (Lipinski definition) is 3. The summed E-state index contributed by atoms with van der Waals surface area (Å²) < 4.78 is 0. The zero-order valence-corrected chi connectivity index (χ0v) is 10.5. The molecule has 1 saturated carbocycles. The van der Waals surface area contributed by atoms with Crippen molar-refractivity contribution in [3.05, 3.63) is 29.3 Å². The molecule has 4 N–H and O–H groups in total. The number of nitrogens with one attached hydrogen (secondary N) is 1. The van der Waals surface area contributed by atoms with Crippen LogP contribution in [0.1, 0.15) is 24.0 Å². The van der Waals surface area contributed by atoms with Crippen LogP contribution in [-0.2, 0) is 4.79 Å². The third-order valence-electron chi connectivity index (χ3n) is 3.55. The fourth-order valence-electron chi connectivity index (χ4n) is 1.89. The minimum Gasteiger partial charge on any atom is -0.409 e. The predicted molar refractivity (Wildman–Crippen MR) is 69.6 cm³/mol. The highest BCUT2D eigenvalue weighted by molar-refractivity contribution is 6.14. The molecule has 18 heavy (non-hydrogen) atoms. The minimum atomic E-state index is -0.812. The van der Waals surface area contributed by atoms with E-state index in [1.807, 2.05) is 32.0 Å². The van der Waals surface area contributed by atoms with Crippen LogP contribution < -0.4 is 11.1 Å². The molecule has 0 spiro atoms. The van der Waals surface area contributed by atoms with E-state index >= 15 is 0 Å². The lowest BCUT2D eigenvalue weighted by atomic mass is 10.0. The largest absolute Gasteiger partial charge is 0.409 e. The van der Waals surface area contributed by atoms with Gasteiger partial charge in [-0.2, -0.15) is 0 Å². The molecule has 0 heterocycles. The van der Waals surface area contributed by atoms with Gasteiger partial charge < -0.3 is 16.3 Å². The lowest BCUT2D eigenvalue weighted by Gasteiger charge is -2.14. The molecule has 0 unspecified atom stereocenters. The first-order valence-corrected chi connectivity index (χ1v) is 5.86. The fraction of sp³-hybridized carbons (Fsp3) is 0.385. The van der Waals surface area contributed by atoms with Gasteiger partial charge in [-0.15, -0.1) is 0 Å². The van der Waals surface area contributed by atoms with Crippen molar-refractivity contribution in [1.82, 2.24) is 0 Å². The van der Waals surface area contributed by atoms with Crippen LogP contribution >= 0.6 is 0 Å². The number of amides is 1. The zero-order valence-electron chi connectivity index (χ0n) is 10.5. The number of hydrogen-bond acceptors (Lipinski definition) is 3. The van der Waals surface area contributed by atoms with Crippen molar-refractivity contribution in [2.24, 2.45) is 16.3 Å². The highest BCUT2D eigenvalue weighted by atomic mass is 16.4. The predicted octanol–water partition coefficient (Wildman–Crippen LogP) is 1.77. The molecule has 2 rings (SSSR count). The SMILES string of the molecule is Cc1ccc(NC(=O)C2(/C(N)=N/O)CC2)cc1C. The van der Waals surface area contributed by atoms with E-state index in [-0.39, 0.29) is 11.7 Å². The smallest absolute Gasteiger partial charge is 0.238 e. The van der Waals surface area contributed by atoms with Crippen LogP contribution in [0.4, 0.5) is 5.69 Å². The average Bonchev–Trinajstić information content (AvgIpc) is 3.14. The molecular weight excluding hydrogens is 230 g/mol. The number of anilines is 1. The molecular formula is C13H17N3O2. The lowest BCUT2D eigenvalue weighted by Crippen LogP contribution is -2.36. The summed E-state index contributed by atoms with van der Waals surface area (Å²) in [6.45, 7) is 4.00. The standard InChI is InChI=1S/C13H17N3O2/c1-8-3-4-10(7-9(8)2)15-12(17)13(5-6-13)11(14)16-18/h3-4,7,18H,5-6H2,1-2H3,(H2,14,16)(H,15,17). The summed E-state index contributed by atoms with van der Waals surface area (Å²) in [7, 11) is 0. The topological polar surface area (TPSA) is 87.7 Å². The Bertz CT molecular complexity index is 519. The van der Waals surface area contributed by atoms with Crippen molar-refractivity contribution in [1.29, 1.82) is 0 Å². The second-order valence-corrected chi connectivity index (χ2v) is 4.82. The number of carbonyl (C=O) groups is 1. The van der Waals surface area contributed by atoms with Crippen LogP contribution in [0.25, 0.3) is 0 Å². The molecule has 0 atom stereocenters. The van der Waals surface area contributed by atoms with E-state index in [4.69, 9.17) is 10.9 Å². The third-order valence-corrected chi connectivity index (χ3v) is 3.55. The molecule has 1 fully saturated rings. The monoisotopic (exact) mass is 247 g/mol. The van der Waals surface area contributed by atoms with E-state index < -0.39 is 5.41 Å². The normalized spacial score (nSPS) is 17.3. The number of amidine groups is 1. The maximum atomic E-state index is 12.1. The van der Waals surface area contributed by atoms with Crippen molar-refractivity contribution >= 4 is 17.4 Å². The number of nitrogens with zero attached hydrogens (tertiary/aromatic N) is 1. The highest BCUT2D eigenvalue weighted by Crippen LogP contribution is 2.46. The number of rotatable bonds is 3. The van der Waals surface area contributed by atoms with Crippen molar-refractivity contribution in [3.8, 4) is 0 Å². The molecule has 0 aromatic heterocycles. The molecule has 1 aliphatic carbocycles. The Labute approximate surface area is 106 Å². The molecule has 0 radical (unpaired) electrons. The molecule has 5 nitrogen and oxygen atoms in total. The second-order valence-electron chi connectivity index (χ2n) is 4.82. The number of aryl methyl sites for hydroxylation is 2. The van der Waals surface area contributed by atoms with E-state index in [2.05, 4.69) is 10.5 Å². The number of benzene rings is 1. The quantitative estimate of drug-likeness (QED) is 0.329. The number of nitrogens with two attached hydrogens (primary N) is 1. The van der Waals surface area contributed by atoms with Crippen molar-refractivity contribution in [3.63, 3.8) is 0 Å². The number of oxime groups is 1. The highest BCUT2D eigenvalue weighted by Gasteiger charge is 2.54. The average molecular weight is 247 g/mol. The Morgan fingerprint density at radius 3 is 2.56 bits per heavy atom. The molecule has 1 aromatic rings. The van der Waals surface area contributed by atoms with Gasteiger partial charge in [0.1, 0.15) is 5.41 Å². The van der Waals surface area contributed by atoms with Crippen LogP contribution in [0.15, 0.2) is 23.4 Å². The van der Waals surface area contributed by atoms with Crippen LogP contribution in [0.5, 0.6) is 0 Å². The van der Waals surface area contributed by atoms with Gasteiger partial charge in [0, 0.05) is 5.69 Å². The first-order valence-electron chi connectivity index (χ1n) is 5.86. The van der Waals surface area contributed by atoms with E-state index in [9.17, 15) is 4.79 Å². The Balaban J connectivity index is 2.15. The second kappa shape index (κ2) is 4.33. The van der Waals surface area contributed by atoms with Crippen LogP contribution in [0.2, 0.25) is 0 Å². The van der Waals surface area contributed by atoms with Crippen molar-refractivity contribution < 1.29 is 10.0 Å². The van der Waals surface area contributed by atoms with Gasteiger partial charge in [-0.1, -0.05) is 11.2 Å². The maximum absolute atomic E-state index is 12.1. The van der Waals surface area contributed by atoms with E-state index in [0.29, 0.717) is 12.8 Å². The van der Waals surface area contributed by atoms with Gasteiger partial charge in [-0.25, -0.2) is 0 Å². The Hall–Kier alpha value is -2.04. The van der Waals surface area contributed by atoms with Crippen molar-refractivity contribution in [2.45, 2.75) is 26.7 Å². The Morgan fingerprint density at radius 1 is 1.39 bits per heavy atom. The van der Waals surface area contributed by atoms with Gasteiger partial charge in [0.25, 0.3) is 0 Å². The Kier molecular flexibility index (Phi) is 2.98. The summed E-state index contributed by atoms with van der Waals surface area (Å²) in [4.78, 5) is 12.1. The molecule has 5 heteroatoms. The first-order chi connectivity index (χ1) is 8.49. The summed E-state index contributed by atoms with van der Waals surface area (Å²) in [5.41, 5.74) is 7.77. The lowest BCUT2D eigenvalue weighted by molar-refractivity contribution is -0.119. The summed E-state index contributed by atoms with van der Waals surface area (Å²) in [6, 6.07) is 5.71. The Morgan fingerprint density at radius 2 is 2.06 bits per heavy atom. The van der Waals surface area contributed by atoms with Gasteiger partial charge in [-0.3, -0.25) is 4.79 Å². The van der Waals surface area contributed by atoms with E-state index in [0.717, 1.165) is 11.3 Å². The zero-order chi connectivity index (χ0) is 13.3. The molecule has 0 bridgehead atoms. The molecule has 1 aliphatic rings. The molecule has 0 aliphatic heterocycles. The van der Waals surface area contributed by atoms with Gasteiger partial charge in [-0.05, 0) is 49.9 Å². The van der Waals surface area contributed by atoms with Gasteiger partial charge >= 0.3 is 0 Å². The van der Waals surface area contributed by atoms with Gasteiger partial charge in [0.15, 0.2) is 5.84 Å². The summed E-state index contributed by atoms with van der Waals surface area (Å²) in [6.07, 6.45) is 1.25. The molecule has 96 valence electrons. The minimum absolute atomic E-state index is 0.0103. The molecule has 1 aromatic carbocycles. The first kappa shape index (κ1) is 12.4. The van der Waals surface area contributed by atoms with E-state index in [1.165, 1.54) is 5.56 Å². The molecule has 0 saturated heterocycles. The van der Waals surface area contributed by atoms with Crippen LogP contribution in [-0.4, -0.2) is 17.0 Å². The van der Waals surface area contributed by atoms with Gasteiger partial charge in [0.05, 0.1) is 0 Å². The summed E-state index contributed by atoms with van der Waals surface area (Å²) in [5, 5.41) is 14.5. The van der Waals surface area contributed by atoms with Crippen molar-refractivity contribution in [2.75, 3.05) is 5.32 Å². The molecule has 1 amide bonds. The van der Waals surface area contributed by atoms with Crippen LogP contribution in [0.3, 0.4) is 0 Å². The van der Waals surface area contributed by atoms with Crippen LogP contribution in [0, 0.1) is 19.3 Å². The summed E-state index contributed by atoms with van der Waals surface area (Å²) >= 11 is 0. The number of carbonyl (C=O) groups excluding carboxylic acids is 1. The van der Waals surface area contributed by atoms with Gasteiger partial charge in [0.2, 0.25) is 5.91 Å². The maximum Gasteiger partial charge on any atom is 0.238 e.